The Hall–Kier alpha value is -3.13. The van der Waals surface area contributed by atoms with Crippen LogP contribution in [0.15, 0.2) is 60.7 Å². The van der Waals surface area contributed by atoms with Gasteiger partial charge in [0.25, 0.3) is 0 Å². The number of nitrogens with zero attached hydrogens (tertiary/aromatic N) is 3. The molecule has 8 heteroatoms. The standard InChI is InChI=1S/C22H21F3N4O/c23-22(24,25)16-7-4-8-17(13-16)26-20-14-19(15-5-2-1-3-6-15)27-21(28-20)29-11-9-18(30)10-12-29/h1-8,13-14,18,30H,9-12H2,(H,26,27,28). The smallest absolute Gasteiger partial charge is 0.393 e. The van der Waals surface area contributed by atoms with Crippen molar-refractivity contribution >= 4 is 17.5 Å². The van der Waals surface area contributed by atoms with Gasteiger partial charge in [-0.25, -0.2) is 4.98 Å². The van der Waals surface area contributed by atoms with Gasteiger partial charge in [-0.05, 0) is 31.0 Å². The molecule has 4 rings (SSSR count). The summed E-state index contributed by atoms with van der Waals surface area (Å²) in [5.74, 6) is 0.891. The minimum Gasteiger partial charge on any atom is -0.393 e. The molecule has 0 unspecified atom stereocenters. The highest BCUT2D eigenvalue weighted by molar-refractivity contribution is 5.67. The second-order valence-electron chi connectivity index (χ2n) is 7.23. The number of rotatable bonds is 4. The predicted molar refractivity (Wildman–Crippen MR) is 110 cm³/mol. The van der Waals surface area contributed by atoms with Crippen LogP contribution in [0.1, 0.15) is 18.4 Å². The number of anilines is 3. The molecule has 0 spiro atoms. The van der Waals surface area contributed by atoms with E-state index in [1.54, 1.807) is 12.1 Å². The van der Waals surface area contributed by atoms with E-state index in [9.17, 15) is 18.3 Å². The number of aromatic nitrogens is 2. The van der Waals surface area contributed by atoms with E-state index in [1.807, 2.05) is 35.2 Å². The van der Waals surface area contributed by atoms with Gasteiger partial charge in [-0.3, -0.25) is 0 Å². The lowest BCUT2D eigenvalue weighted by molar-refractivity contribution is -0.137. The number of benzene rings is 2. The number of aliphatic hydroxyl groups excluding tert-OH is 1. The van der Waals surface area contributed by atoms with E-state index in [0.29, 0.717) is 49.1 Å². The molecule has 5 nitrogen and oxygen atoms in total. The van der Waals surface area contributed by atoms with Crippen molar-refractivity contribution in [1.29, 1.82) is 0 Å². The van der Waals surface area contributed by atoms with Gasteiger partial charge in [-0.2, -0.15) is 18.2 Å². The third-order valence-electron chi connectivity index (χ3n) is 4.99. The van der Waals surface area contributed by atoms with Crippen LogP contribution >= 0.6 is 0 Å². The Morgan fingerprint density at radius 1 is 0.933 bits per heavy atom. The van der Waals surface area contributed by atoms with Crippen molar-refractivity contribution in [1.82, 2.24) is 9.97 Å². The highest BCUT2D eigenvalue weighted by Gasteiger charge is 2.30. The first kappa shape index (κ1) is 20.2. The second kappa shape index (κ2) is 8.31. The molecule has 1 aliphatic heterocycles. The van der Waals surface area contributed by atoms with Crippen LogP contribution in [0.2, 0.25) is 0 Å². The third-order valence-corrected chi connectivity index (χ3v) is 4.99. The Morgan fingerprint density at radius 3 is 2.37 bits per heavy atom. The number of piperidine rings is 1. The highest BCUT2D eigenvalue weighted by Crippen LogP contribution is 2.32. The molecule has 1 saturated heterocycles. The highest BCUT2D eigenvalue weighted by atomic mass is 19.4. The van der Waals surface area contributed by atoms with E-state index in [0.717, 1.165) is 17.7 Å². The molecule has 3 aromatic rings. The SMILES string of the molecule is OC1CCN(c2nc(Nc3cccc(C(F)(F)F)c3)cc(-c3ccccc3)n2)CC1. The lowest BCUT2D eigenvalue weighted by Crippen LogP contribution is -2.37. The minimum absolute atomic E-state index is 0.294. The summed E-state index contributed by atoms with van der Waals surface area (Å²) in [6.45, 7) is 1.23. The van der Waals surface area contributed by atoms with Gasteiger partial charge in [0, 0.05) is 30.4 Å². The van der Waals surface area contributed by atoms with E-state index >= 15 is 0 Å². The van der Waals surface area contributed by atoms with Gasteiger partial charge in [-0.15, -0.1) is 0 Å². The summed E-state index contributed by atoms with van der Waals surface area (Å²) in [6.07, 6.45) is -3.51. The zero-order valence-corrected chi connectivity index (χ0v) is 16.1. The lowest BCUT2D eigenvalue weighted by Gasteiger charge is -2.30. The molecule has 0 amide bonds. The lowest BCUT2D eigenvalue weighted by atomic mass is 10.1. The van der Waals surface area contributed by atoms with E-state index in [-0.39, 0.29) is 6.10 Å². The molecule has 0 radical (unpaired) electrons. The van der Waals surface area contributed by atoms with E-state index in [4.69, 9.17) is 0 Å². The maximum atomic E-state index is 13.1. The molecule has 0 bridgehead atoms. The summed E-state index contributed by atoms with van der Waals surface area (Å²) < 4.78 is 39.2. The van der Waals surface area contributed by atoms with E-state index in [1.165, 1.54) is 6.07 Å². The summed E-state index contributed by atoms with van der Waals surface area (Å²) in [5.41, 5.74) is 1.11. The molecule has 0 atom stereocenters. The predicted octanol–water partition coefficient (Wildman–Crippen LogP) is 4.87. The van der Waals surface area contributed by atoms with E-state index in [2.05, 4.69) is 15.3 Å². The van der Waals surface area contributed by atoms with Gasteiger partial charge in [0.15, 0.2) is 0 Å². The van der Waals surface area contributed by atoms with Gasteiger partial charge < -0.3 is 15.3 Å². The summed E-state index contributed by atoms with van der Waals surface area (Å²) in [6, 6.07) is 16.3. The largest absolute Gasteiger partial charge is 0.416 e. The third kappa shape index (κ3) is 4.71. The molecular formula is C22H21F3N4O. The van der Waals surface area contributed by atoms with Crippen LogP contribution in [0.25, 0.3) is 11.3 Å². The number of nitrogens with one attached hydrogen (secondary N) is 1. The molecule has 30 heavy (non-hydrogen) atoms. The van der Waals surface area contributed by atoms with Crippen molar-refractivity contribution in [3.8, 4) is 11.3 Å². The first-order valence-electron chi connectivity index (χ1n) is 9.70. The molecule has 0 aliphatic carbocycles. The first-order chi connectivity index (χ1) is 14.4. The van der Waals surface area contributed by atoms with Crippen molar-refractivity contribution in [2.75, 3.05) is 23.3 Å². The van der Waals surface area contributed by atoms with Crippen molar-refractivity contribution in [3.63, 3.8) is 0 Å². The first-order valence-corrected chi connectivity index (χ1v) is 9.70. The molecule has 1 fully saturated rings. The van der Waals surface area contributed by atoms with Crippen molar-refractivity contribution in [2.45, 2.75) is 25.1 Å². The summed E-state index contributed by atoms with van der Waals surface area (Å²) >= 11 is 0. The monoisotopic (exact) mass is 414 g/mol. The van der Waals surface area contributed by atoms with Crippen LogP contribution < -0.4 is 10.2 Å². The summed E-state index contributed by atoms with van der Waals surface area (Å²) in [7, 11) is 0. The van der Waals surface area contributed by atoms with Crippen molar-refractivity contribution in [3.05, 3.63) is 66.2 Å². The normalized spacial score (nSPS) is 15.3. The average Bonchev–Trinajstić information content (AvgIpc) is 2.74. The number of aliphatic hydroxyl groups is 1. The van der Waals surface area contributed by atoms with E-state index < -0.39 is 11.7 Å². The van der Waals surface area contributed by atoms with Crippen LogP contribution in [0.4, 0.5) is 30.6 Å². The van der Waals surface area contributed by atoms with Crippen LogP contribution in [-0.2, 0) is 6.18 Å². The molecular weight excluding hydrogens is 393 g/mol. The van der Waals surface area contributed by atoms with Crippen LogP contribution in [0.3, 0.4) is 0 Å². The molecule has 2 aromatic carbocycles. The number of hydrogen-bond acceptors (Lipinski definition) is 5. The zero-order valence-electron chi connectivity index (χ0n) is 16.1. The fourth-order valence-corrected chi connectivity index (χ4v) is 3.38. The van der Waals surface area contributed by atoms with Gasteiger partial charge in [0.1, 0.15) is 5.82 Å². The van der Waals surface area contributed by atoms with Gasteiger partial charge in [0.05, 0.1) is 17.4 Å². The van der Waals surface area contributed by atoms with Crippen molar-refractivity contribution in [2.24, 2.45) is 0 Å². The fraction of sp³-hybridized carbons (Fsp3) is 0.273. The van der Waals surface area contributed by atoms with Gasteiger partial charge >= 0.3 is 6.18 Å². The second-order valence-corrected chi connectivity index (χ2v) is 7.23. The maximum absolute atomic E-state index is 13.1. The zero-order chi connectivity index (χ0) is 21.1. The van der Waals surface area contributed by atoms with Crippen LogP contribution in [0, 0.1) is 0 Å². The molecule has 1 aromatic heterocycles. The molecule has 2 heterocycles. The number of alkyl halides is 3. The molecule has 0 saturated carbocycles. The molecule has 1 aliphatic rings. The van der Waals surface area contributed by atoms with Crippen LogP contribution in [-0.4, -0.2) is 34.3 Å². The van der Waals surface area contributed by atoms with Crippen molar-refractivity contribution < 1.29 is 18.3 Å². The average molecular weight is 414 g/mol. The summed E-state index contributed by atoms with van der Waals surface area (Å²) in [5, 5.41) is 12.8. The quantitative estimate of drug-likeness (QED) is 0.638. The Labute approximate surface area is 172 Å². The molecule has 156 valence electrons. The fourth-order valence-electron chi connectivity index (χ4n) is 3.38. The van der Waals surface area contributed by atoms with Gasteiger partial charge in [-0.1, -0.05) is 36.4 Å². The Kier molecular flexibility index (Phi) is 5.59. The topological polar surface area (TPSA) is 61.3 Å². The van der Waals surface area contributed by atoms with Crippen LogP contribution in [0.5, 0.6) is 0 Å². The Bertz CT molecular complexity index is 1000. The summed E-state index contributed by atoms with van der Waals surface area (Å²) in [4.78, 5) is 11.2. The number of hydrogen-bond donors (Lipinski definition) is 2. The minimum atomic E-state index is -4.42. The number of halogens is 3. The maximum Gasteiger partial charge on any atom is 0.416 e. The van der Waals surface area contributed by atoms with Gasteiger partial charge in [0.2, 0.25) is 5.95 Å². The Morgan fingerprint density at radius 2 is 1.67 bits per heavy atom. The Balaban J connectivity index is 1.69. The molecule has 2 N–H and O–H groups in total.